The third-order valence-corrected chi connectivity index (χ3v) is 5.91. The van der Waals surface area contributed by atoms with E-state index in [0.717, 1.165) is 21.8 Å². The van der Waals surface area contributed by atoms with Crippen LogP contribution in [0.2, 0.25) is 5.02 Å². The van der Waals surface area contributed by atoms with Crippen LogP contribution in [0.15, 0.2) is 78.2 Å². The van der Waals surface area contributed by atoms with Crippen molar-refractivity contribution < 1.29 is 9.53 Å². The molecule has 0 radical (unpaired) electrons. The number of nitrogens with one attached hydrogen (secondary N) is 1. The number of halogens is 1. The maximum atomic E-state index is 12.8. The number of rotatable bonds is 7. The number of nitrogens with zero attached hydrogens (tertiary/aromatic N) is 1. The number of carbonyl (C=O) groups excluding carboxylic acids is 1. The van der Waals surface area contributed by atoms with Gasteiger partial charge < -0.3 is 10.1 Å². The van der Waals surface area contributed by atoms with Crippen molar-refractivity contribution in [3.8, 4) is 27.6 Å². The van der Waals surface area contributed by atoms with Crippen LogP contribution in [0, 0.1) is 5.92 Å². The number of anilines is 1. The summed E-state index contributed by atoms with van der Waals surface area (Å²) in [7, 11) is 0. The highest BCUT2D eigenvalue weighted by Gasteiger charge is 2.12. The van der Waals surface area contributed by atoms with E-state index in [0.29, 0.717) is 34.5 Å². The fourth-order valence-electron chi connectivity index (χ4n) is 3.11. The molecule has 1 amide bonds. The van der Waals surface area contributed by atoms with Crippen LogP contribution in [0.3, 0.4) is 0 Å². The molecule has 0 aliphatic carbocycles. The standard InChI is InChI=1S/C26H23ClN2O2S/c1-17(2)15-31-21-10-6-8-19(14-21)25(30)28-20-9-5-7-18(13-20)24-16-32-26(29-24)22-11-3-4-12-23(22)27/h3-14,16-17H,15H2,1-2H3,(H,28,30). The first-order chi connectivity index (χ1) is 15.5. The quantitative estimate of drug-likeness (QED) is 0.311. The molecule has 0 saturated heterocycles. The zero-order valence-electron chi connectivity index (χ0n) is 17.8. The predicted molar refractivity (Wildman–Crippen MR) is 133 cm³/mol. The molecule has 6 heteroatoms. The summed E-state index contributed by atoms with van der Waals surface area (Å²) in [6.07, 6.45) is 0. The van der Waals surface area contributed by atoms with Gasteiger partial charge in [0.15, 0.2) is 0 Å². The summed E-state index contributed by atoms with van der Waals surface area (Å²) in [6, 6.07) is 22.5. The molecule has 0 aliphatic heterocycles. The third kappa shape index (κ3) is 5.36. The number of thiazole rings is 1. The van der Waals surface area contributed by atoms with Crippen LogP contribution >= 0.6 is 22.9 Å². The molecule has 32 heavy (non-hydrogen) atoms. The van der Waals surface area contributed by atoms with E-state index in [-0.39, 0.29) is 5.91 Å². The molecule has 162 valence electrons. The van der Waals surface area contributed by atoms with Crippen LogP contribution < -0.4 is 10.1 Å². The molecule has 0 saturated carbocycles. The second-order valence-corrected chi connectivity index (χ2v) is 9.05. The van der Waals surface area contributed by atoms with Gasteiger partial charge in [0.25, 0.3) is 5.91 Å². The molecule has 0 aliphatic rings. The lowest BCUT2D eigenvalue weighted by Gasteiger charge is -2.10. The smallest absolute Gasteiger partial charge is 0.255 e. The molecule has 1 heterocycles. The Morgan fingerprint density at radius 3 is 2.69 bits per heavy atom. The second kappa shape index (κ2) is 9.98. The summed E-state index contributed by atoms with van der Waals surface area (Å²) in [6.45, 7) is 4.78. The van der Waals surface area contributed by atoms with Gasteiger partial charge >= 0.3 is 0 Å². The maximum Gasteiger partial charge on any atom is 0.255 e. The molecule has 3 aromatic carbocycles. The number of hydrogen-bond acceptors (Lipinski definition) is 4. The fourth-order valence-corrected chi connectivity index (χ4v) is 4.26. The van der Waals surface area contributed by atoms with Gasteiger partial charge in [-0.05, 0) is 42.3 Å². The molecule has 4 rings (SSSR count). The minimum Gasteiger partial charge on any atom is -0.493 e. The Morgan fingerprint density at radius 1 is 1.06 bits per heavy atom. The summed E-state index contributed by atoms with van der Waals surface area (Å²) >= 11 is 7.85. The molecular weight excluding hydrogens is 440 g/mol. The van der Waals surface area contributed by atoms with Crippen molar-refractivity contribution in [1.82, 2.24) is 4.98 Å². The minimum absolute atomic E-state index is 0.188. The van der Waals surface area contributed by atoms with Gasteiger partial charge in [-0.3, -0.25) is 4.79 Å². The van der Waals surface area contributed by atoms with E-state index in [9.17, 15) is 4.79 Å². The van der Waals surface area contributed by atoms with Gasteiger partial charge in [0.2, 0.25) is 0 Å². The molecule has 0 spiro atoms. The van der Waals surface area contributed by atoms with E-state index in [1.165, 1.54) is 11.3 Å². The van der Waals surface area contributed by atoms with Crippen LogP contribution in [0.25, 0.3) is 21.8 Å². The topological polar surface area (TPSA) is 51.2 Å². The van der Waals surface area contributed by atoms with Crippen molar-refractivity contribution in [1.29, 1.82) is 0 Å². The highest BCUT2D eigenvalue weighted by molar-refractivity contribution is 7.13. The zero-order valence-corrected chi connectivity index (χ0v) is 19.4. The summed E-state index contributed by atoms with van der Waals surface area (Å²) in [5.74, 6) is 0.918. The van der Waals surface area contributed by atoms with Gasteiger partial charge in [-0.2, -0.15) is 0 Å². The van der Waals surface area contributed by atoms with Gasteiger partial charge in [-0.25, -0.2) is 4.98 Å². The van der Waals surface area contributed by atoms with Crippen LogP contribution in [0.4, 0.5) is 5.69 Å². The molecule has 1 aromatic heterocycles. The molecule has 0 bridgehead atoms. The summed E-state index contributed by atoms with van der Waals surface area (Å²) in [5.41, 5.74) is 3.92. The largest absolute Gasteiger partial charge is 0.493 e. The molecule has 4 aromatic rings. The molecule has 1 N–H and O–H groups in total. The molecule has 4 nitrogen and oxygen atoms in total. The maximum absolute atomic E-state index is 12.8. The lowest BCUT2D eigenvalue weighted by atomic mass is 10.1. The van der Waals surface area contributed by atoms with Gasteiger partial charge in [0, 0.05) is 27.8 Å². The van der Waals surface area contributed by atoms with E-state index in [1.54, 1.807) is 12.1 Å². The molecule has 0 unspecified atom stereocenters. The van der Waals surface area contributed by atoms with Gasteiger partial charge in [0.1, 0.15) is 10.8 Å². The first-order valence-electron chi connectivity index (χ1n) is 10.3. The number of ether oxygens (including phenoxy) is 1. The Kier molecular flexibility index (Phi) is 6.88. The molecular formula is C26H23ClN2O2S. The monoisotopic (exact) mass is 462 g/mol. The highest BCUT2D eigenvalue weighted by atomic mass is 35.5. The zero-order chi connectivity index (χ0) is 22.5. The summed E-state index contributed by atoms with van der Waals surface area (Å²) in [4.78, 5) is 17.5. The van der Waals surface area contributed by atoms with Crippen LogP contribution in [0.1, 0.15) is 24.2 Å². The number of amides is 1. The van der Waals surface area contributed by atoms with Crippen molar-refractivity contribution in [3.63, 3.8) is 0 Å². The van der Waals surface area contributed by atoms with Gasteiger partial charge in [-0.1, -0.05) is 61.8 Å². The van der Waals surface area contributed by atoms with Crippen molar-refractivity contribution in [2.75, 3.05) is 11.9 Å². The molecule has 0 atom stereocenters. The van der Waals surface area contributed by atoms with Crippen molar-refractivity contribution >= 4 is 34.5 Å². The van der Waals surface area contributed by atoms with Crippen molar-refractivity contribution in [3.05, 3.63) is 88.8 Å². The number of benzene rings is 3. The van der Waals surface area contributed by atoms with E-state index < -0.39 is 0 Å². The SMILES string of the molecule is CC(C)COc1cccc(C(=O)Nc2cccc(-c3csc(-c4ccccc4Cl)n3)c2)c1. The average Bonchev–Trinajstić information content (AvgIpc) is 3.28. The van der Waals surface area contributed by atoms with Crippen molar-refractivity contribution in [2.45, 2.75) is 13.8 Å². The Bertz CT molecular complexity index is 1240. The lowest BCUT2D eigenvalue weighted by molar-refractivity contribution is 0.102. The second-order valence-electron chi connectivity index (χ2n) is 7.79. The number of aromatic nitrogens is 1. The Labute approximate surface area is 196 Å². The van der Waals surface area contributed by atoms with Crippen molar-refractivity contribution in [2.24, 2.45) is 5.92 Å². The lowest BCUT2D eigenvalue weighted by Crippen LogP contribution is -2.12. The van der Waals surface area contributed by atoms with Gasteiger partial charge in [0.05, 0.1) is 17.3 Å². The Balaban J connectivity index is 1.50. The minimum atomic E-state index is -0.188. The Morgan fingerprint density at radius 2 is 1.88 bits per heavy atom. The average molecular weight is 463 g/mol. The number of hydrogen-bond donors (Lipinski definition) is 1. The normalized spacial score (nSPS) is 10.9. The fraction of sp³-hybridized carbons (Fsp3) is 0.154. The van der Waals surface area contributed by atoms with E-state index in [2.05, 4.69) is 19.2 Å². The van der Waals surface area contributed by atoms with E-state index in [4.69, 9.17) is 21.3 Å². The summed E-state index contributed by atoms with van der Waals surface area (Å²) in [5, 5.41) is 6.50. The van der Waals surface area contributed by atoms with E-state index in [1.807, 2.05) is 66.0 Å². The number of carbonyl (C=O) groups is 1. The predicted octanol–water partition coefficient (Wildman–Crippen LogP) is 7.42. The Hall–Kier alpha value is -3.15. The van der Waals surface area contributed by atoms with E-state index >= 15 is 0 Å². The third-order valence-electron chi connectivity index (χ3n) is 4.70. The van der Waals surface area contributed by atoms with Crippen LogP contribution in [0.5, 0.6) is 5.75 Å². The van der Waals surface area contributed by atoms with Crippen LogP contribution in [-0.2, 0) is 0 Å². The first-order valence-corrected chi connectivity index (χ1v) is 11.6. The summed E-state index contributed by atoms with van der Waals surface area (Å²) < 4.78 is 5.74. The molecule has 0 fully saturated rings. The van der Waals surface area contributed by atoms with Crippen LogP contribution in [-0.4, -0.2) is 17.5 Å². The highest BCUT2D eigenvalue weighted by Crippen LogP contribution is 2.33. The van der Waals surface area contributed by atoms with Gasteiger partial charge in [-0.15, -0.1) is 11.3 Å². The first kappa shape index (κ1) is 22.1.